The molecule has 2 heterocycles. The number of likely N-dealkylation sites (N-methyl/N-ethyl adjacent to an activating group) is 1. The van der Waals surface area contributed by atoms with Gasteiger partial charge in [0, 0.05) is 30.3 Å². The minimum absolute atomic E-state index is 0.00937. The van der Waals surface area contributed by atoms with Gasteiger partial charge >= 0.3 is 11.9 Å². The monoisotopic (exact) mass is 787 g/mol. The number of rotatable bonds is 21. The summed E-state index contributed by atoms with van der Waals surface area (Å²) in [4.78, 5) is 73.7. The lowest BCUT2D eigenvalue weighted by atomic mass is 9.92. The van der Waals surface area contributed by atoms with Crippen LogP contribution in [-0.2, 0) is 30.3 Å². The topological polar surface area (TPSA) is 199 Å². The first kappa shape index (κ1) is 45.3. The van der Waals surface area contributed by atoms with Crippen molar-refractivity contribution in [2.24, 2.45) is 17.8 Å². The Labute approximate surface area is 329 Å². The number of carbonyl (C=O) groups excluding carboxylic acids is 4. The number of carboxylic acids is 1. The van der Waals surface area contributed by atoms with Crippen LogP contribution in [0.4, 0.5) is 0 Å². The zero-order chi connectivity index (χ0) is 40.8. The average Bonchev–Trinajstić information content (AvgIpc) is 3.65. The van der Waals surface area contributed by atoms with Gasteiger partial charge in [0.05, 0.1) is 12.0 Å². The number of aromatic hydroxyl groups is 1. The molecule has 55 heavy (non-hydrogen) atoms. The van der Waals surface area contributed by atoms with Crippen molar-refractivity contribution in [3.63, 3.8) is 0 Å². The van der Waals surface area contributed by atoms with Crippen molar-refractivity contribution in [1.29, 1.82) is 0 Å². The highest BCUT2D eigenvalue weighted by molar-refractivity contribution is 7.09. The maximum atomic E-state index is 14.5. The molecular weight excluding hydrogens is 727 g/mol. The Balaban J connectivity index is 1.85. The molecule has 0 aliphatic carbocycles. The number of amides is 3. The van der Waals surface area contributed by atoms with E-state index in [4.69, 9.17) is 4.74 Å². The van der Waals surface area contributed by atoms with E-state index < -0.39 is 53.9 Å². The van der Waals surface area contributed by atoms with Crippen molar-refractivity contribution in [2.45, 2.75) is 130 Å². The molecule has 5 N–H and O–H groups in total. The summed E-state index contributed by atoms with van der Waals surface area (Å²) >= 11 is 1.08. The molecule has 306 valence electrons. The third-order valence-corrected chi connectivity index (χ3v) is 11.4. The fourth-order valence-corrected chi connectivity index (χ4v) is 7.59. The van der Waals surface area contributed by atoms with Gasteiger partial charge in [-0.15, -0.1) is 11.3 Å². The van der Waals surface area contributed by atoms with E-state index in [1.54, 1.807) is 19.1 Å². The molecule has 14 nitrogen and oxygen atoms in total. The molecule has 15 heteroatoms. The number of piperidine rings is 1. The highest BCUT2D eigenvalue weighted by Crippen LogP contribution is 2.29. The lowest BCUT2D eigenvalue weighted by molar-refractivity contribution is -0.159. The molecule has 0 saturated carbocycles. The second-order valence-corrected chi connectivity index (χ2v) is 16.1. The maximum absolute atomic E-state index is 14.5. The van der Waals surface area contributed by atoms with E-state index in [1.165, 1.54) is 22.4 Å². The van der Waals surface area contributed by atoms with Gasteiger partial charge in [0.1, 0.15) is 28.6 Å². The number of nitrogens with zero attached hydrogens (tertiary/aromatic N) is 3. The van der Waals surface area contributed by atoms with Crippen LogP contribution < -0.4 is 10.6 Å². The van der Waals surface area contributed by atoms with Crippen LogP contribution in [0.2, 0.25) is 0 Å². The molecule has 1 aliphatic rings. The Morgan fingerprint density at radius 1 is 1.04 bits per heavy atom. The summed E-state index contributed by atoms with van der Waals surface area (Å²) in [5, 5.41) is 38.4. The maximum Gasteiger partial charge on any atom is 0.307 e. The molecule has 1 aromatic carbocycles. The lowest BCUT2D eigenvalue weighted by Gasteiger charge is -2.39. The van der Waals surface area contributed by atoms with Crippen LogP contribution in [0, 0.1) is 17.8 Å². The summed E-state index contributed by atoms with van der Waals surface area (Å²) in [6, 6.07) is 3.99. The molecule has 3 amide bonds. The van der Waals surface area contributed by atoms with E-state index in [9.17, 15) is 39.3 Å². The van der Waals surface area contributed by atoms with Crippen molar-refractivity contribution in [2.75, 3.05) is 20.3 Å². The van der Waals surface area contributed by atoms with Gasteiger partial charge < -0.3 is 35.6 Å². The number of aliphatic hydroxyl groups is 1. The zero-order valence-corrected chi connectivity index (χ0v) is 34.1. The van der Waals surface area contributed by atoms with Gasteiger partial charge in [-0.2, -0.15) is 0 Å². The minimum atomic E-state index is -1.20. The number of phenolic OH excluding ortho intramolecular Hbond substituents is 1. The molecule has 0 bridgehead atoms. The lowest BCUT2D eigenvalue weighted by Crippen LogP contribution is -2.59. The quantitative estimate of drug-likeness (QED) is 0.0853. The number of carboxylic acid groups (broad SMARTS) is 1. The Morgan fingerprint density at radius 2 is 1.73 bits per heavy atom. The number of carbonyl (C=O) groups is 5. The highest BCUT2D eigenvalue weighted by atomic mass is 32.1. The van der Waals surface area contributed by atoms with Crippen molar-refractivity contribution in [1.82, 2.24) is 25.4 Å². The second kappa shape index (κ2) is 21.9. The van der Waals surface area contributed by atoms with Gasteiger partial charge in [-0.25, -0.2) is 4.98 Å². The predicted octanol–water partition coefficient (Wildman–Crippen LogP) is 4.89. The number of hydrogen-bond donors (Lipinski definition) is 5. The van der Waals surface area contributed by atoms with E-state index in [1.807, 2.05) is 46.6 Å². The third kappa shape index (κ3) is 13.6. The first-order valence-electron chi connectivity index (χ1n) is 19.5. The number of thiazole rings is 1. The number of nitrogens with one attached hydrogen (secondary N) is 2. The summed E-state index contributed by atoms with van der Waals surface area (Å²) < 4.78 is 5.60. The van der Waals surface area contributed by atoms with Crippen molar-refractivity contribution >= 4 is 41.0 Å². The number of aliphatic carboxylic acids is 1. The number of ether oxygens (including phenoxy) is 1. The van der Waals surface area contributed by atoms with Gasteiger partial charge in [0.25, 0.3) is 5.91 Å². The number of aromatic nitrogens is 1. The van der Waals surface area contributed by atoms with E-state index in [-0.39, 0.29) is 66.2 Å². The second-order valence-electron chi connectivity index (χ2n) is 15.2. The molecule has 2 unspecified atom stereocenters. The van der Waals surface area contributed by atoms with Crippen LogP contribution >= 0.6 is 11.3 Å². The number of esters is 1. The Morgan fingerprint density at radius 3 is 2.33 bits per heavy atom. The van der Waals surface area contributed by atoms with Crippen molar-refractivity contribution in [3.8, 4) is 5.75 Å². The SMILES string of the molecule is CCCC(=O)OCN(C(=O)[C@@H](NC(=O)[C@H]1CCCCN1C)C(C)CC)[C@H](C[C@@H](O)c1nc(C(=O)NC(Cc2ccc(O)cc2)C[C@H](C)C(=O)O)cs1)C(C)C. The molecule has 7 atom stereocenters. The number of aliphatic hydroxyl groups excluding tert-OH is 1. The van der Waals surface area contributed by atoms with E-state index >= 15 is 0 Å². The minimum Gasteiger partial charge on any atom is -0.508 e. The van der Waals surface area contributed by atoms with Crippen LogP contribution in [0.1, 0.15) is 120 Å². The number of benzene rings is 1. The Bertz CT molecular complexity index is 1570. The molecule has 1 saturated heterocycles. The molecule has 0 spiro atoms. The summed E-state index contributed by atoms with van der Waals surface area (Å²) in [5.74, 6) is -3.74. The normalized spacial score (nSPS) is 18.0. The standard InChI is InChI=1S/C40H61N5O9S/c1-8-12-34(48)54-23-45(39(51)35(25(5)9-2)43-37(50)31-13-10-11-18-44(31)7)32(24(3)4)21-33(47)38-42-30(22-55-38)36(49)41-28(19-26(6)40(52)53)20-27-14-16-29(46)17-15-27/h14-17,22,24-26,28,31-33,35,46-47H,8-13,18-21,23H2,1-7H3,(H,41,49)(H,43,50)(H,52,53)/t25?,26-,28?,31+,32+,33+,35-/m0/s1. The first-order chi connectivity index (χ1) is 26.1. The van der Waals surface area contributed by atoms with Crippen LogP contribution in [0.15, 0.2) is 29.6 Å². The highest BCUT2D eigenvalue weighted by Gasteiger charge is 2.38. The van der Waals surface area contributed by atoms with E-state index in [0.29, 0.717) is 25.7 Å². The molecular formula is C40H61N5O9S. The smallest absolute Gasteiger partial charge is 0.307 e. The number of likely N-dealkylation sites (tertiary alicyclic amines) is 1. The number of hydrogen-bond acceptors (Lipinski definition) is 11. The summed E-state index contributed by atoms with van der Waals surface area (Å²) in [6.07, 6.45) is 3.23. The first-order valence-corrected chi connectivity index (χ1v) is 20.4. The van der Waals surface area contributed by atoms with Crippen LogP contribution in [0.25, 0.3) is 0 Å². The zero-order valence-electron chi connectivity index (χ0n) is 33.3. The van der Waals surface area contributed by atoms with E-state index in [0.717, 1.165) is 36.3 Å². The van der Waals surface area contributed by atoms with Crippen molar-refractivity contribution in [3.05, 3.63) is 45.9 Å². The van der Waals surface area contributed by atoms with Gasteiger partial charge in [-0.3, -0.25) is 28.9 Å². The average molecular weight is 788 g/mol. The van der Waals surface area contributed by atoms with Crippen molar-refractivity contribution < 1.29 is 44.0 Å². The fraction of sp³-hybridized carbons (Fsp3) is 0.650. The molecule has 1 fully saturated rings. The summed E-state index contributed by atoms with van der Waals surface area (Å²) in [7, 11) is 1.91. The Hall–Kier alpha value is -4.08. The van der Waals surface area contributed by atoms with Crippen LogP contribution in [0.5, 0.6) is 5.75 Å². The third-order valence-electron chi connectivity index (χ3n) is 10.4. The van der Waals surface area contributed by atoms with Crippen LogP contribution in [0.3, 0.4) is 0 Å². The molecule has 3 rings (SSSR count). The predicted molar refractivity (Wildman–Crippen MR) is 209 cm³/mol. The molecule has 1 aromatic heterocycles. The van der Waals surface area contributed by atoms with Gasteiger partial charge in [-0.05, 0) is 75.2 Å². The van der Waals surface area contributed by atoms with Gasteiger partial charge in [-0.1, -0.05) is 66.5 Å². The molecule has 2 aromatic rings. The fourth-order valence-electron chi connectivity index (χ4n) is 6.79. The van der Waals surface area contributed by atoms with Gasteiger partial charge in [0.2, 0.25) is 11.8 Å². The van der Waals surface area contributed by atoms with Crippen LogP contribution in [-0.4, -0.2) is 104 Å². The Kier molecular flexibility index (Phi) is 18.0. The summed E-state index contributed by atoms with van der Waals surface area (Å²) in [5.41, 5.74) is 0.846. The largest absolute Gasteiger partial charge is 0.508 e. The summed E-state index contributed by atoms with van der Waals surface area (Å²) in [6.45, 7) is 11.5. The van der Waals surface area contributed by atoms with E-state index in [2.05, 4.69) is 15.6 Å². The molecule has 0 radical (unpaired) electrons. The number of phenols is 1. The molecule has 1 aliphatic heterocycles. The van der Waals surface area contributed by atoms with Gasteiger partial charge in [0.15, 0.2) is 6.73 Å².